The average Bonchev–Trinajstić information content (AvgIpc) is 2.59. The van der Waals surface area contributed by atoms with Crippen molar-refractivity contribution in [2.24, 2.45) is 11.7 Å². The van der Waals surface area contributed by atoms with Crippen molar-refractivity contribution < 1.29 is 9.59 Å². The molecule has 1 heterocycles. The van der Waals surface area contributed by atoms with Crippen molar-refractivity contribution in [3.63, 3.8) is 0 Å². The number of nitrogens with one attached hydrogen (secondary N) is 2. The molecule has 2 rings (SSSR count). The van der Waals surface area contributed by atoms with Crippen LogP contribution in [0.1, 0.15) is 24.0 Å². The molecule has 1 unspecified atom stereocenters. The summed E-state index contributed by atoms with van der Waals surface area (Å²) in [4.78, 5) is 26.3. The van der Waals surface area contributed by atoms with Gasteiger partial charge in [-0.25, -0.2) is 0 Å². The fourth-order valence-corrected chi connectivity index (χ4v) is 3.13. The molecule has 1 aromatic carbocycles. The van der Waals surface area contributed by atoms with Crippen LogP contribution in [0.25, 0.3) is 0 Å². The highest BCUT2D eigenvalue weighted by molar-refractivity contribution is 5.83. The van der Waals surface area contributed by atoms with Gasteiger partial charge in [0.1, 0.15) is 0 Å². The summed E-state index contributed by atoms with van der Waals surface area (Å²) in [6, 6.07) is 6.06. The van der Waals surface area contributed by atoms with Crippen LogP contribution < -0.4 is 16.4 Å². The van der Waals surface area contributed by atoms with E-state index in [-0.39, 0.29) is 24.3 Å². The highest BCUT2D eigenvalue weighted by atomic mass is 16.2. The summed E-state index contributed by atoms with van der Waals surface area (Å²) < 4.78 is 0. The second kappa shape index (κ2) is 8.68. The number of likely N-dealkylation sites (tertiary alicyclic amines) is 1. The maximum Gasteiger partial charge on any atom is 0.241 e. The van der Waals surface area contributed by atoms with E-state index >= 15 is 0 Å². The molecule has 1 aliphatic heterocycles. The normalized spacial score (nSPS) is 17.5. The van der Waals surface area contributed by atoms with E-state index in [1.165, 1.54) is 0 Å². The average molecular weight is 332 g/mol. The van der Waals surface area contributed by atoms with Gasteiger partial charge in [0, 0.05) is 31.9 Å². The zero-order valence-electron chi connectivity index (χ0n) is 14.6. The van der Waals surface area contributed by atoms with Crippen molar-refractivity contribution in [1.82, 2.24) is 10.2 Å². The summed E-state index contributed by atoms with van der Waals surface area (Å²) in [6.07, 6.45) is 1.68. The molecule has 1 aromatic rings. The van der Waals surface area contributed by atoms with E-state index in [1.807, 2.05) is 32.0 Å². The Hall–Kier alpha value is -2.08. The van der Waals surface area contributed by atoms with Gasteiger partial charge in [-0.2, -0.15) is 0 Å². The molecule has 2 amide bonds. The molecule has 6 heteroatoms. The first-order valence-corrected chi connectivity index (χ1v) is 8.58. The molecule has 0 aliphatic carbocycles. The van der Waals surface area contributed by atoms with Gasteiger partial charge in [-0.3, -0.25) is 9.59 Å². The molecule has 6 nitrogen and oxygen atoms in total. The number of anilines is 1. The van der Waals surface area contributed by atoms with Crippen molar-refractivity contribution in [3.8, 4) is 0 Å². The SMILES string of the molecule is Cc1cccc(C)c1NCC(=O)N1CCCC(C(=O)NCCN)C1. The van der Waals surface area contributed by atoms with Crippen molar-refractivity contribution in [2.45, 2.75) is 26.7 Å². The number of carbonyl (C=O) groups is 2. The fraction of sp³-hybridized carbons (Fsp3) is 0.556. The van der Waals surface area contributed by atoms with E-state index in [9.17, 15) is 9.59 Å². The lowest BCUT2D eigenvalue weighted by Gasteiger charge is -2.32. The van der Waals surface area contributed by atoms with Crippen molar-refractivity contribution in [3.05, 3.63) is 29.3 Å². The minimum Gasteiger partial charge on any atom is -0.376 e. The van der Waals surface area contributed by atoms with Crippen molar-refractivity contribution in [1.29, 1.82) is 0 Å². The zero-order valence-corrected chi connectivity index (χ0v) is 14.6. The summed E-state index contributed by atoms with van der Waals surface area (Å²) in [5, 5.41) is 6.07. The van der Waals surface area contributed by atoms with Gasteiger partial charge in [0.15, 0.2) is 0 Å². The van der Waals surface area contributed by atoms with Crippen molar-refractivity contribution in [2.75, 3.05) is 38.0 Å². The van der Waals surface area contributed by atoms with E-state index in [0.717, 1.165) is 29.7 Å². The van der Waals surface area contributed by atoms with Crippen LogP contribution in [0, 0.1) is 19.8 Å². The van der Waals surface area contributed by atoms with Crippen LogP contribution in [0.3, 0.4) is 0 Å². The maximum atomic E-state index is 12.5. The molecule has 1 atom stereocenters. The standard InChI is InChI=1S/C18H28N4O2/c1-13-5-3-6-14(2)17(13)21-11-16(23)22-10-4-7-15(12-22)18(24)20-9-8-19/h3,5-6,15,21H,4,7-12,19H2,1-2H3,(H,20,24). The molecular weight excluding hydrogens is 304 g/mol. The van der Waals surface area contributed by atoms with Gasteiger partial charge in [-0.1, -0.05) is 18.2 Å². The van der Waals surface area contributed by atoms with Crippen LogP contribution in [-0.2, 0) is 9.59 Å². The molecule has 1 aliphatic rings. The third-order valence-electron chi connectivity index (χ3n) is 4.49. The van der Waals surface area contributed by atoms with Gasteiger partial charge < -0.3 is 21.3 Å². The second-order valence-electron chi connectivity index (χ2n) is 6.38. The van der Waals surface area contributed by atoms with Crippen LogP contribution in [0.2, 0.25) is 0 Å². The third-order valence-corrected chi connectivity index (χ3v) is 4.49. The summed E-state index contributed by atoms with van der Waals surface area (Å²) in [5.41, 5.74) is 8.68. The number of para-hydroxylation sites is 1. The Morgan fingerprint density at radius 3 is 2.67 bits per heavy atom. The minimum atomic E-state index is -0.130. The minimum absolute atomic E-state index is 0.000609. The lowest BCUT2D eigenvalue weighted by atomic mass is 9.97. The first-order chi connectivity index (χ1) is 11.5. The predicted octanol–water partition coefficient (Wildman–Crippen LogP) is 1.03. The number of aryl methyl sites for hydroxylation is 2. The van der Waals surface area contributed by atoms with Crippen LogP contribution in [0.15, 0.2) is 18.2 Å². The third kappa shape index (κ3) is 4.71. The van der Waals surface area contributed by atoms with E-state index in [2.05, 4.69) is 10.6 Å². The zero-order chi connectivity index (χ0) is 17.5. The lowest BCUT2D eigenvalue weighted by Crippen LogP contribution is -2.47. The molecule has 24 heavy (non-hydrogen) atoms. The van der Waals surface area contributed by atoms with Gasteiger partial charge in [0.25, 0.3) is 0 Å². The molecule has 0 saturated carbocycles. The number of nitrogens with two attached hydrogens (primary N) is 1. The van der Waals surface area contributed by atoms with E-state index < -0.39 is 0 Å². The predicted molar refractivity (Wildman–Crippen MR) is 95.8 cm³/mol. The maximum absolute atomic E-state index is 12.5. The summed E-state index contributed by atoms with van der Waals surface area (Å²) in [6.45, 7) is 6.43. The Labute approximate surface area is 143 Å². The summed E-state index contributed by atoms with van der Waals surface area (Å²) in [5.74, 6) is -0.0934. The van der Waals surface area contributed by atoms with Gasteiger partial charge >= 0.3 is 0 Å². The molecule has 0 radical (unpaired) electrons. The number of nitrogens with zero attached hydrogens (tertiary/aromatic N) is 1. The Morgan fingerprint density at radius 2 is 2.00 bits per heavy atom. The molecule has 132 valence electrons. The fourth-order valence-electron chi connectivity index (χ4n) is 3.13. The van der Waals surface area contributed by atoms with Crippen molar-refractivity contribution >= 4 is 17.5 Å². The Kier molecular flexibility index (Phi) is 6.61. The first-order valence-electron chi connectivity index (χ1n) is 8.58. The van der Waals surface area contributed by atoms with Gasteiger partial charge in [0.2, 0.25) is 11.8 Å². The highest BCUT2D eigenvalue weighted by Gasteiger charge is 2.28. The van der Waals surface area contributed by atoms with E-state index in [1.54, 1.807) is 4.90 Å². The number of amides is 2. The van der Waals surface area contributed by atoms with Gasteiger partial charge in [0.05, 0.1) is 12.5 Å². The Balaban J connectivity index is 1.89. The smallest absolute Gasteiger partial charge is 0.241 e. The van der Waals surface area contributed by atoms with Crippen LogP contribution in [0.4, 0.5) is 5.69 Å². The Morgan fingerprint density at radius 1 is 1.29 bits per heavy atom. The summed E-state index contributed by atoms with van der Waals surface area (Å²) in [7, 11) is 0. The van der Waals surface area contributed by atoms with Gasteiger partial charge in [-0.05, 0) is 37.8 Å². The monoisotopic (exact) mass is 332 g/mol. The molecule has 0 spiro atoms. The van der Waals surface area contributed by atoms with E-state index in [4.69, 9.17) is 5.73 Å². The summed E-state index contributed by atoms with van der Waals surface area (Å²) >= 11 is 0. The lowest BCUT2D eigenvalue weighted by molar-refractivity contribution is -0.134. The van der Waals surface area contributed by atoms with Crippen LogP contribution in [0.5, 0.6) is 0 Å². The van der Waals surface area contributed by atoms with Crippen LogP contribution in [-0.4, -0.2) is 49.4 Å². The number of piperidine rings is 1. The largest absolute Gasteiger partial charge is 0.376 e. The highest BCUT2D eigenvalue weighted by Crippen LogP contribution is 2.20. The molecule has 4 N–H and O–H groups in total. The number of hydrogen-bond acceptors (Lipinski definition) is 4. The van der Waals surface area contributed by atoms with Gasteiger partial charge in [-0.15, -0.1) is 0 Å². The number of rotatable bonds is 6. The molecule has 1 fully saturated rings. The second-order valence-corrected chi connectivity index (χ2v) is 6.38. The molecule has 0 bridgehead atoms. The molecule has 1 saturated heterocycles. The molecular formula is C18H28N4O2. The molecule has 0 aromatic heterocycles. The first kappa shape index (κ1) is 18.3. The number of benzene rings is 1. The quantitative estimate of drug-likeness (QED) is 0.726. The Bertz CT molecular complexity index is 568. The van der Waals surface area contributed by atoms with Crippen LogP contribution >= 0.6 is 0 Å². The number of hydrogen-bond donors (Lipinski definition) is 3. The number of carbonyl (C=O) groups excluding carboxylic acids is 2. The van der Waals surface area contributed by atoms with E-state index in [0.29, 0.717) is 26.2 Å². The topological polar surface area (TPSA) is 87.5 Å².